The molecule has 1 saturated heterocycles. The lowest BCUT2D eigenvalue weighted by atomic mass is 10.1. The molecule has 30 heavy (non-hydrogen) atoms. The van der Waals surface area contributed by atoms with E-state index in [0.717, 1.165) is 44.0 Å². The zero-order valence-electron chi connectivity index (χ0n) is 17.9. The number of rotatable bonds is 9. The normalized spacial score (nSPS) is 15.1. The highest BCUT2D eigenvalue weighted by Crippen LogP contribution is 2.16. The van der Waals surface area contributed by atoms with E-state index in [4.69, 9.17) is 4.99 Å². The van der Waals surface area contributed by atoms with E-state index in [1.807, 2.05) is 16.2 Å². The Kier molecular flexibility index (Phi) is 10.6. The predicted octanol–water partition coefficient (Wildman–Crippen LogP) is 4.42. The first-order chi connectivity index (χ1) is 14.1. The van der Waals surface area contributed by atoms with Crippen LogP contribution in [0.4, 0.5) is 0 Å². The van der Waals surface area contributed by atoms with Crippen molar-refractivity contribution in [2.24, 2.45) is 10.9 Å². The highest BCUT2D eigenvalue weighted by molar-refractivity contribution is 14.0. The third kappa shape index (κ3) is 7.91. The van der Waals surface area contributed by atoms with E-state index < -0.39 is 0 Å². The molecule has 0 bridgehead atoms. The fourth-order valence-corrected chi connectivity index (χ4v) is 4.42. The molecule has 1 atom stereocenters. The van der Waals surface area contributed by atoms with Crippen LogP contribution in [0.2, 0.25) is 0 Å². The van der Waals surface area contributed by atoms with Crippen LogP contribution in [-0.4, -0.2) is 36.4 Å². The summed E-state index contributed by atoms with van der Waals surface area (Å²) in [6, 6.07) is 12.7. The zero-order chi connectivity index (χ0) is 20.5. The molecule has 1 fully saturated rings. The van der Waals surface area contributed by atoms with Crippen molar-refractivity contribution in [3.8, 4) is 0 Å². The van der Waals surface area contributed by atoms with Crippen LogP contribution < -0.4 is 10.6 Å². The van der Waals surface area contributed by atoms with Gasteiger partial charge in [0.1, 0.15) is 0 Å². The van der Waals surface area contributed by atoms with Crippen LogP contribution in [-0.2, 0) is 24.3 Å². The van der Waals surface area contributed by atoms with Gasteiger partial charge in [0.2, 0.25) is 5.91 Å². The van der Waals surface area contributed by atoms with Gasteiger partial charge in [0.05, 0.1) is 6.54 Å². The third-order valence-electron chi connectivity index (χ3n) is 5.05. The number of halogens is 1. The molecular formula is C23H33IN4OS. The van der Waals surface area contributed by atoms with Gasteiger partial charge in [-0.1, -0.05) is 37.3 Å². The molecule has 7 heteroatoms. The maximum Gasteiger partial charge on any atom is 0.222 e. The Labute approximate surface area is 201 Å². The summed E-state index contributed by atoms with van der Waals surface area (Å²) < 4.78 is 0. The van der Waals surface area contributed by atoms with Gasteiger partial charge < -0.3 is 15.5 Å². The molecule has 2 heterocycles. The van der Waals surface area contributed by atoms with Crippen molar-refractivity contribution in [1.82, 2.24) is 15.5 Å². The summed E-state index contributed by atoms with van der Waals surface area (Å²) >= 11 is 1.82. The van der Waals surface area contributed by atoms with Gasteiger partial charge in [-0.2, -0.15) is 0 Å². The number of carbonyl (C=O) groups is 1. The molecule has 1 aliphatic heterocycles. The SMILES string of the molecule is CCNC(=NCc1cccc(CN2CCCC2=O)c1)NCC(C)Cc1cccs1.I. The van der Waals surface area contributed by atoms with Crippen molar-refractivity contribution in [2.45, 2.75) is 46.2 Å². The molecule has 2 aromatic rings. The van der Waals surface area contributed by atoms with Gasteiger partial charge in [0.25, 0.3) is 0 Å². The molecule has 0 aliphatic carbocycles. The van der Waals surface area contributed by atoms with E-state index in [1.165, 1.54) is 10.4 Å². The molecule has 1 amide bonds. The van der Waals surface area contributed by atoms with E-state index in [1.54, 1.807) is 0 Å². The number of carbonyl (C=O) groups excluding carboxylic acids is 1. The van der Waals surface area contributed by atoms with Crippen molar-refractivity contribution in [3.63, 3.8) is 0 Å². The molecule has 5 nitrogen and oxygen atoms in total. The van der Waals surface area contributed by atoms with Gasteiger partial charge in [-0.05, 0) is 48.3 Å². The fourth-order valence-electron chi connectivity index (χ4n) is 3.55. The van der Waals surface area contributed by atoms with Crippen molar-refractivity contribution in [2.75, 3.05) is 19.6 Å². The van der Waals surface area contributed by atoms with E-state index in [-0.39, 0.29) is 29.9 Å². The number of hydrogen-bond acceptors (Lipinski definition) is 3. The third-order valence-corrected chi connectivity index (χ3v) is 5.95. The smallest absolute Gasteiger partial charge is 0.222 e. The number of guanidine groups is 1. The second-order valence-electron chi connectivity index (χ2n) is 7.70. The zero-order valence-corrected chi connectivity index (χ0v) is 21.0. The van der Waals surface area contributed by atoms with E-state index in [2.05, 4.69) is 66.3 Å². The van der Waals surface area contributed by atoms with E-state index >= 15 is 0 Å². The average molecular weight is 541 g/mol. The van der Waals surface area contributed by atoms with E-state index in [9.17, 15) is 4.79 Å². The van der Waals surface area contributed by atoms with Gasteiger partial charge >= 0.3 is 0 Å². The molecule has 3 rings (SSSR count). The molecule has 1 unspecified atom stereocenters. The van der Waals surface area contributed by atoms with Gasteiger partial charge in [-0.25, -0.2) is 4.99 Å². The van der Waals surface area contributed by atoms with Crippen LogP contribution in [0, 0.1) is 5.92 Å². The Morgan fingerprint density at radius 1 is 1.23 bits per heavy atom. The molecular weight excluding hydrogens is 507 g/mol. The quantitative estimate of drug-likeness (QED) is 0.281. The maximum atomic E-state index is 11.9. The predicted molar refractivity (Wildman–Crippen MR) is 137 cm³/mol. The molecule has 1 aromatic heterocycles. The minimum Gasteiger partial charge on any atom is -0.357 e. The Bertz CT molecular complexity index is 809. The van der Waals surface area contributed by atoms with Crippen molar-refractivity contribution < 1.29 is 4.79 Å². The number of hydrogen-bond donors (Lipinski definition) is 2. The number of benzene rings is 1. The van der Waals surface area contributed by atoms with Crippen LogP contribution in [0.15, 0.2) is 46.8 Å². The van der Waals surface area contributed by atoms with Gasteiger partial charge in [0, 0.05) is 37.5 Å². The standard InChI is InChI=1S/C23H32N4OS.HI/c1-3-24-23(25-15-18(2)13-21-9-6-12-29-21)26-16-19-7-4-8-20(14-19)17-27-11-5-10-22(27)28;/h4,6-9,12,14,18H,3,5,10-11,13,15-17H2,1-2H3,(H2,24,25,26);1H. The number of aliphatic imine (C=N–C) groups is 1. The highest BCUT2D eigenvalue weighted by Gasteiger charge is 2.19. The molecule has 2 N–H and O–H groups in total. The first kappa shape index (κ1) is 24.7. The maximum absolute atomic E-state index is 11.9. The molecule has 0 spiro atoms. The topological polar surface area (TPSA) is 56.7 Å². The summed E-state index contributed by atoms with van der Waals surface area (Å²) in [7, 11) is 0. The average Bonchev–Trinajstić information content (AvgIpc) is 3.36. The lowest BCUT2D eigenvalue weighted by Gasteiger charge is -2.16. The number of thiophene rings is 1. The van der Waals surface area contributed by atoms with Crippen LogP contribution in [0.3, 0.4) is 0 Å². The van der Waals surface area contributed by atoms with E-state index in [0.29, 0.717) is 25.4 Å². The molecule has 1 aromatic carbocycles. The van der Waals surface area contributed by atoms with Crippen molar-refractivity contribution in [1.29, 1.82) is 0 Å². The van der Waals surface area contributed by atoms with Crippen molar-refractivity contribution in [3.05, 3.63) is 57.8 Å². The minimum absolute atomic E-state index is 0. The molecule has 1 aliphatic rings. The molecule has 0 saturated carbocycles. The number of nitrogens with zero attached hydrogens (tertiary/aromatic N) is 2. The summed E-state index contributed by atoms with van der Waals surface area (Å²) in [5.74, 6) is 1.66. The van der Waals surface area contributed by atoms with Gasteiger partial charge in [-0.15, -0.1) is 35.3 Å². The summed E-state index contributed by atoms with van der Waals surface area (Å²) in [5, 5.41) is 8.94. The Morgan fingerprint density at radius 2 is 2.07 bits per heavy atom. The van der Waals surface area contributed by atoms with Gasteiger partial charge in [-0.3, -0.25) is 4.79 Å². The largest absolute Gasteiger partial charge is 0.357 e. The Hall–Kier alpha value is -1.61. The molecule has 0 radical (unpaired) electrons. The number of nitrogens with one attached hydrogen (secondary N) is 2. The monoisotopic (exact) mass is 540 g/mol. The van der Waals surface area contributed by atoms with Crippen LogP contribution in [0.5, 0.6) is 0 Å². The number of amides is 1. The Balaban J connectivity index is 0.00000320. The van der Waals surface area contributed by atoms with Crippen LogP contribution >= 0.6 is 35.3 Å². The van der Waals surface area contributed by atoms with Gasteiger partial charge in [0.15, 0.2) is 5.96 Å². The van der Waals surface area contributed by atoms with Crippen LogP contribution in [0.1, 0.15) is 42.7 Å². The van der Waals surface area contributed by atoms with Crippen molar-refractivity contribution >= 4 is 47.2 Å². The summed E-state index contributed by atoms with van der Waals surface area (Å²) in [5.41, 5.74) is 2.34. The number of likely N-dealkylation sites (tertiary alicyclic amines) is 1. The fraction of sp³-hybridized carbons (Fsp3) is 0.478. The minimum atomic E-state index is 0. The lowest BCUT2D eigenvalue weighted by Crippen LogP contribution is -2.39. The summed E-state index contributed by atoms with van der Waals surface area (Å²) in [4.78, 5) is 20.0. The first-order valence-corrected chi connectivity index (χ1v) is 11.4. The Morgan fingerprint density at radius 3 is 2.77 bits per heavy atom. The summed E-state index contributed by atoms with van der Waals surface area (Å²) in [6.45, 7) is 8.27. The summed E-state index contributed by atoms with van der Waals surface area (Å²) in [6.07, 6.45) is 2.75. The second kappa shape index (κ2) is 12.9. The first-order valence-electron chi connectivity index (χ1n) is 10.5. The molecule has 164 valence electrons. The highest BCUT2D eigenvalue weighted by atomic mass is 127. The second-order valence-corrected chi connectivity index (χ2v) is 8.74. The lowest BCUT2D eigenvalue weighted by molar-refractivity contribution is -0.128. The van der Waals surface area contributed by atoms with Crippen LogP contribution in [0.25, 0.3) is 0 Å².